The molecular weight excluding hydrogens is 362 g/mol. The van der Waals surface area contributed by atoms with Crippen LogP contribution in [0.4, 0.5) is 0 Å². The van der Waals surface area contributed by atoms with Gasteiger partial charge in [0.05, 0.1) is 12.5 Å². The predicted octanol–water partition coefficient (Wildman–Crippen LogP) is 2.07. The maximum Gasteiger partial charge on any atom is 0.303 e. The van der Waals surface area contributed by atoms with Crippen molar-refractivity contribution < 1.29 is 24.3 Å². The Morgan fingerprint density at radius 2 is 1.75 bits per heavy atom. The highest BCUT2D eigenvalue weighted by atomic mass is 16.4. The molecule has 1 unspecified atom stereocenters. The van der Waals surface area contributed by atoms with E-state index < -0.39 is 29.7 Å². The van der Waals surface area contributed by atoms with E-state index in [0.717, 1.165) is 30.6 Å². The molecule has 3 amide bonds. The van der Waals surface area contributed by atoms with Crippen molar-refractivity contribution in [2.45, 2.75) is 51.0 Å². The molecule has 2 rings (SSSR count). The van der Waals surface area contributed by atoms with Crippen LogP contribution in [-0.4, -0.2) is 39.7 Å². The quantitative estimate of drug-likeness (QED) is 0.521. The summed E-state index contributed by atoms with van der Waals surface area (Å²) in [5.41, 5.74) is 0.352. The second-order valence-electron chi connectivity index (χ2n) is 6.82. The van der Waals surface area contributed by atoms with Crippen molar-refractivity contribution in [3.05, 3.63) is 35.9 Å². The maximum atomic E-state index is 12.8. The van der Waals surface area contributed by atoms with E-state index in [2.05, 4.69) is 5.32 Å². The largest absolute Gasteiger partial charge is 0.481 e. The number of nitriles is 1. The van der Waals surface area contributed by atoms with Crippen molar-refractivity contribution in [1.82, 2.24) is 10.2 Å². The van der Waals surface area contributed by atoms with Gasteiger partial charge in [0.15, 0.2) is 6.19 Å². The molecular formula is C20H23N3O5. The summed E-state index contributed by atoms with van der Waals surface area (Å²) in [5.74, 6) is -2.92. The lowest BCUT2D eigenvalue weighted by atomic mass is 9.93. The highest BCUT2D eigenvalue weighted by Gasteiger charge is 2.35. The van der Waals surface area contributed by atoms with Crippen LogP contribution in [0.5, 0.6) is 0 Å². The van der Waals surface area contributed by atoms with E-state index in [9.17, 15) is 24.4 Å². The fourth-order valence-electron chi connectivity index (χ4n) is 3.48. The molecule has 28 heavy (non-hydrogen) atoms. The van der Waals surface area contributed by atoms with Gasteiger partial charge in [0.1, 0.15) is 0 Å². The summed E-state index contributed by atoms with van der Waals surface area (Å²) in [7, 11) is 0. The molecule has 0 radical (unpaired) electrons. The molecule has 1 aliphatic rings. The highest BCUT2D eigenvalue weighted by Crippen LogP contribution is 2.32. The zero-order valence-corrected chi connectivity index (χ0v) is 15.5. The molecule has 1 aliphatic carbocycles. The lowest BCUT2D eigenvalue weighted by molar-refractivity contribution is -0.140. The lowest BCUT2D eigenvalue weighted by Crippen LogP contribution is -2.45. The first-order valence-corrected chi connectivity index (χ1v) is 9.25. The first-order chi connectivity index (χ1) is 13.4. The normalized spacial score (nSPS) is 14.7. The van der Waals surface area contributed by atoms with Gasteiger partial charge >= 0.3 is 5.97 Å². The van der Waals surface area contributed by atoms with Crippen LogP contribution in [0.1, 0.15) is 55.3 Å². The number of benzene rings is 1. The number of rotatable bonds is 8. The Morgan fingerprint density at radius 3 is 2.32 bits per heavy atom. The van der Waals surface area contributed by atoms with Gasteiger partial charge in [-0.15, -0.1) is 0 Å². The van der Waals surface area contributed by atoms with Gasteiger partial charge in [-0.2, -0.15) is 5.26 Å². The minimum atomic E-state index is -1.13. The molecule has 0 aliphatic heterocycles. The predicted molar refractivity (Wildman–Crippen MR) is 98.6 cm³/mol. The number of carboxylic acid groups (broad SMARTS) is 1. The van der Waals surface area contributed by atoms with Crippen molar-refractivity contribution >= 4 is 23.7 Å². The summed E-state index contributed by atoms with van der Waals surface area (Å²) < 4.78 is 0. The van der Waals surface area contributed by atoms with Crippen LogP contribution < -0.4 is 5.32 Å². The molecule has 8 nitrogen and oxygen atoms in total. The van der Waals surface area contributed by atoms with Gasteiger partial charge in [0.25, 0.3) is 5.91 Å². The Labute approximate surface area is 163 Å². The van der Waals surface area contributed by atoms with Crippen LogP contribution in [0.15, 0.2) is 30.3 Å². The summed E-state index contributed by atoms with van der Waals surface area (Å²) in [6.07, 6.45) is 4.56. The molecule has 2 N–H and O–H groups in total. The van der Waals surface area contributed by atoms with Crippen LogP contribution in [0.2, 0.25) is 0 Å². The Bertz CT molecular complexity index is 766. The summed E-state index contributed by atoms with van der Waals surface area (Å²) in [6, 6.07) is 7.72. The summed E-state index contributed by atoms with van der Waals surface area (Å²) >= 11 is 0. The molecule has 1 aromatic rings. The number of carboxylic acids is 1. The smallest absolute Gasteiger partial charge is 0.303 e. The molecule has 0 aromatic heterocycles. The number of carbonyl (C=O) groups excluding carboxylic acids is 3. The minimum Gasteiger partial charge on any atom is -0.481 e. The molecule has 148 valence electrons. The summed E-state index contributed by atoms with van der Waals surface area (Å²) in [6.45, 7) is 0. The van der Waals surface area contributed by atoms with Crippen molar-refractivity contribution in [2.24, 2.45) is 5.92 Å². The average molecular weight is 385 g/mol. The fourth-order valence-corrected chi connectivity index (χ4v) is 3.48. The van der Waals surface area contributed by atoms with E-state index in [1.807, 2.05) is 6.19 Å². The van der Waals surface area contributed by atoms with E-state index in [4.69, 9.17) is 5.11 Å². The summed E-state index contributed by atoms with van der Waals surface area (Å²) in [4.78, 5) is 48.4. The van der Waals surface area contributed by atoms with E-state index >= 15 is 0 Å². The Morgan fingerprint density at radius 1 is 1.11 bits per heavy atom. The van der Waals surface area contributed by atoms with Crippen LogP contribution in [0.25, 0.3) is 0 Å². The van der Waals surface area contributed by atoms with E-state index in [1.165, 1.54) is 0 Å². The van der Waals surface area contributed by atoms with Crippen LogP contribution in [0, 0.1) is 17.4 Å². The van der Waals surface area contributed by atoms with E-state index in [0.29, 0.717) is 5.56 Å². The molecule has 1 aromatic carbocycles. The Kier molecular flexibility index (Phi) is 7.69. The molecule has 8 heteroatoms. The molecule has 0 spiro atoms. The third-order valence-corrected chi connectivity index (χ3v) is 4.86. The van der Waals surface area contributed by atoms with Gasteiger partial charge in [-0.1, -0.05) is 31.0 Å². The molecule has 0 saturated heterocycles. The molecule has 0 bridgehead atoms. The molecule has 1 saturated carbocycles. The van der Waals surface area contributed by atoms with Crippen molar-refractivity contribution in [1.29, 1.82) is 5.26 Å². The number of amides is 3. The lowest BCUT2D eigenvalue weighted by Gasteiger charge is -2.29. The third kappa shape index (κ3) is 5.91. The second kappa shape index (κ2) is 10.2. The number of carbonyl (C=O) groups is 4. The van der Waals surface area contributed by atoms with E-state index in [1.54, 1.807) is 30.3 Å². The Hall–Kier alpha value is -3.21. The van der Waals surface area contributed by atoms with E-state index in [-0.39, 0.29) is 25.2 Å². The Balaban J connectivity index is 2.11. The van der Waals surface area contributed by atoms with Crippen molar-refractivity contribution in [3.8, 4) is 6.19 Å². The number of aliphatic carboxylic acids is 1. The van der Waals surface area contributed by atoms with Gasteiger partial charge < -0.3 is 5.11 Å². The van der Waals surface area contributed by atoms with Gasteiger partial charge in [-0.25, -0.2) is 4.90 Å². The van der Waals surface area contributed by atoms with Gasteiger partial charge in [0.2, 0.25) is 11.8 Å². The minimum absolute atomic E-state index is 0.00724. The number of nitrogens with zero attached hydrogens (tertiary/aromatic N) is 2. The van der Waals surface area contributed by atoms with Crippen LogP contribution >= 0.6 is 0 Å². The standard InChI is InChI=1S/C20H23N3O5/c21-13-23(20(28)15-8-2-1-3-9-15)16(14-6-4-5-7-14)12-18(25)22-17(24)10-11-19(26)27/h1-3,8-9,14,16H,4-7,10-12H2,(H,26,27)(H,22,24,25). The first-order valence-electron chi connectivity index (χ1n) is 9.25. The molecule has 0 heterocycles. The van der Waals surface area contributed by atoms with Crippen LogP contribution in [0.3, 0.4) is 0 Å². The molecule has 1 atom stereocenters. The van der Waals surface area contributed by atoms with Crippen molar-refractivity contribution in [2.75, 3.05) is 0 Å². The number of nitrogens with one attached hydrogen (secondary N) is 1. The third-order valence-electron chi connectivity index (χ3n) is 4.86. The van der Waals surface area contributed by atoms with Gasteiger partial charge in [0, 0.05) is 18.4 Å². The molecule has 1 fully saturated rings. The summed E-state index contributed by atoms with van der Waals surface area (Å²) in [5, 5.41) is 20.4. The second-order valence-corrected chi connectivity index (χ2v) is 6.82. The average Bonchev–Trinajstić information content (AvgIpc) is 3.21. The van der Waals surface area contributed by atoms with Crippen molar-refractivity contribution in [3.63, 3.8) is 0 Å². The zero-order valence-electron chi connectivity index (χ0n) is 15.5. The number of hydrogen-bond acceptors (Lipinski definition) is 5. The number of imide groups is 1. The highest BCUT2D eigenvalue weighted by molar-refractivity contribution is 5.98. The van der Waals surface area contributed by atoms with Gasteiger partial charge in [-0.3, -0.25) is 24.5 Å². The monoisotopic (exact) mass is 385 g/mol. The fraction of sp³-hybridized carbons (Fsp3) is 0.450. The topological polar surface area (TPSA) is 128 Å². The number of hydrogen-bond donors (Lipinski definition) is 2. The van der Waals surface area contributed by atoms with Gasteiger partial charge in [-0.05, 0) is 30.9 Å². The van der Waals surface area contributed by atoms with Crippen LogP contribution in [-0.2, 0) is 14.4 Å². The SMILES string of the molecule is N#CN(C(=O)c1ccccc1)C(CC(=O)NC(=O)CCC(=O)O)C1CCCC1. The zero-order chi connectivity index (χ0) is 20.5. The first kappa shape index (κ1) is 21.1. The maximum absolute atomic E-state index is 12.8.